The summed E-state index contributed by atoms with van der Waals surface area (Å²) < 4.78 is 18.2. The van der Waals surface area contributed by atoms with Crippen molar-refractivity contribution in [2.75, 3.05) is 5.32 Å². The third-order valence-corrected chi connectivity index (χ3v) is 4.09. The lowest BCUT2D eigenvalue weighted by Crippen LogP contribution is -2.29. The molecule has 3 rings (SSSR count). The Kier molecular flexibility index (Phi) is 5.60. The Hall–Kier alpha value is -3.39. The second-order valence-electron chi connectivity index (χ2n) is 5.91. The number of fused-ring (bicyclic) bond motifs is 1. The summed E-state index contributed by atoms with van der Waals surface area (Å²) in [6, 6.07) is 8.81. The summed E-state index contributed by atoms with van der Waals surface area (Å²) in [6.45, 7) is 1.42. The minimum Gasteiger partial charge on any atom is -0.449 e. The van der Waals surface area contributed by atoms with E-state index in [2.05, 4.69) is 15.3 Å². The molecule has 3 aromatic rings. The van der Waals surface area contributed by atoms with Gasteiger partial charge in [0.2, 0.25) is 0 Å². The predicted octanol–water partition coefficient (Wildman–Crippen LogP) is 3.23. The van der Waals surface area contributed by atoms with Crippen molar-refractivity contribution >= 4 is 46.3 Å². The number of amides is 1. The summed E-state index contributed by atoms with van der Waals surface area (Å²) in [6.07, 6.45) is 1.45. The first-order valence-electron chi connectivity index (χ1n) is 8.18. The van der Waals surface area contributed by atoms with Gasteiger partial charge in [-0.1, -0.05) is 17.7 Å². The van der Waals surface area contributed by atoms with Gasteiger partial charge in [-0.3, -0.25) is 4.79 Å². The first kappa shape index (κ1) is 19.4. The van der Waals surface area contributed by atoms with Gasteiger partial charge in [0.05, 0.1) is 16.1 Å². The van der Waals surface area contributed by atoms with Crippen LogP contribution >= 0.6 is 11.6 Å². The highest BCUT2D eigenvalue weighted by molar-refractivity contribution is 6.30. The maximum atomic E-state index is 13.1. The van der Waals surface area contributed by atoms with Gasteiger partial charge in [-0.05, 0) is 48.9 Å². The molecule has 1 aromatic heterocycles. The van der Waals surface area contributed by atoms with Crippen LogP contribution in [0.3, 0.4) is 0 Å². The van der Waals surface area contributed by atoms with Crippen LogP contribution in [0.25, 0.3) is 17.1 Å². The monoisotopic (exact) mass is 403 g/mol. The second-order valence-corrected chi connectivity index (χ2v) is 6.32. The lowest BCUT2D eigenvalue weighted by atomic mass is 10.2. The summed E-state index contributed by atoms with van der Waals surface area (Å²) in [5.41, 5.74) is 1.73. The number of H-pyrrole nitrogens is 2. The number of carbonyl (C=O) groups is 2. The number of hydrogen-bond donors (Lipinski definition) is 3. The highest BCUT2D eigenvalue weighted by Gasteiger charge is 2.17. The molecule has 7 nitrogen and oxygen atoms in total. The standard InChI is InChI=1S/C19H15ClFN3O4/c1-10(28-17(25)7-3-11-2-5-14(21)13(20)8-11)18(26)22-12-4-6-15-16(9-12)24-19(27)23-15/h2-10H,1H3,(H,22,26)(H2,23,24,27)/b7-3+/t10-/m0/s1. The van der Waals surface area contributed by atoms with E-state index >= 15 is 0 Å². The lowest BCUT2D eigenvalue weighted by Gasteiger charge is -2.12. The maximum absolute atomic E-state index is 13.1. The van der Waals surface area contributed by atoms with Gasteiger partial charge in [-0.15, -0.1) is 0 Å². The number of aromatic amines is 2. The maximum Gasteiger partial charge on any atom is 0.331 e. The van der Waals surface area contributed by atoms with E-state index in [9.17, 15) is 18.8 Å². The minimum absolute atomic E-state index is 0.0657. The zero-order valence-corrected chi connectivity index (χ0v) is 15.3. The topological polar surface area (TPSA) is 104 Å². The molecule has 1 amide bonds. The van der Waals surface area contributed by atoms with Crippen LogP contribution in [0.4, 0.5) is 10.1 Å². The second kappa shape index (κ2) is 8.10. The van der Waals surface area contributed by atoms with Crippen molar-refractivity contribution in [2.24, 2.45) is 0 Å². The van der Waals surface area contributed by atoms with E-state index < -0.39 is 23.8 Å². The Balaban J connectivity index is 1.59. The van der Waals surface area contributed by atoms with Crippen molar-refractivity contribution in [3.05, 3.63) is 69.4 Å². The Bertz CT molecular complexity index is 1140. The highest BCUT2D eigenvalue weighted by atomic mass is 35.5. The average molecular weight is 404 g/mol. The first-order chi connectivity index (χ1) is 13.3. The molecule has 0 saturated heterocycles. The molecule has 0 saturated carbocycles. The summed E-state index contributed by atoms with van der Waals surface area (Å²) in [4.78, 5) is 40.5. The van der Waals surface area contributed by atoms with Gasteiger partial charge in [-0.25, -0.2) is 14.0 Å². The van der Waals surface area contributed by atoms with E-state index in [1.54, 1.807) is 18.2 Å². The molecule has 0 bridgehead atoms. The number of nitrogens with one attached hydrogen (secondary N) is 3. The number of rotatable bonds is 5. The number of ether oxygens (including phenoxy) is 1. The summed E-state index contributed by atoms with van der Waals surface area (Å²) >= 11 is 5.67. The molecule has 144 valence electrons. The van der Waals surface area contributed by atoms with Crippen LogP contribution in [0, 0.1) is 5.82 Å². The third kappa shape index (κ3) is 4.66. The van der Waals surface area contributed by atoms with Crippen molar-refractivity contribution in [3.8, 4) is 0 Å². The van der Waals surface area contributed by atoms with Gasteiger partial charge in [0.15, 0.2) is 6.10 Å². The van der Waals surface area contributed by atoms with Crippen LogP contribution in [0.5, 0.6) is 0 Å². The van der Waals surface area contributed by atoms with Gasteiger partial charge in [0.1, 0.15) is 5.82 Å². The molecule has 2 aromatic carbocycles. The van der Waals surface area contributed by atoms with Crippen LogP contribution in [-0.4, -0.2) is 27.9 Å². The molecule has 9 heteroatoms. The largest absolute Gasteiger partial charge is 0.449 e. The molecule has 0 aliphatic rings. The van der Waals surface area contributed by atoms with Crippen molar-refractivity contribution < 1.29 is 18.7 Å². The van der Waals surface area contributed by atoms with E-state index in [4.69, 9.17) is 16.3 Å². The van der Waals surface area contributed by atoms with E-state index in [0.717, 1.165) is 6.08 Å². The van der Waals surface area contributed by atoms with Crippen LogP contribution in [0.1, 0.15) is 12.5 Å². The fourth-order valence-electron chi connectivity index (χ4n) is 2.40. The Morgan fingerprint density at radius 1 is 1.18 bits per heavy atom. The lowest BCUT2D eigenvalue weighted by molar-refractivity contribution is -0.148. The average Bonchev–Trinajstić information content (AvgIpc) is 3.02. The molecule has 0 unspecified atom stereocenters. The van der Waals surface area contributed by atoms with Crippen molar-refractivity contribution in [2.45, 2.75) is 13.0 Å². The van der Waals surface area contributed by atoms with E-state index in [0.29, 0.717) is 22.3 Å². The predicted molar refractivity (Wildman–Crippen MR) is 104 cm³/mol. The van der Waals surface area contributed by atoms with Crippen LogP contribution in [0.2, 0.25) is 5.02 Å². The van der Waals surface area contributed by atoms with Crippen LogP contribution in [0.15, 0.2) is 47.3 Å². The quantitative estimate of drug-likeness (QED) is 0.449. The van der Waals surface area contributed by atoms with Crippen LogP contribution in [-0.2, 0) is 14.3 Å². The number of halogens is 2. The van der Waals surface area contributed by atoms with Gasteiger partial charge < -0.3 is 20.0 Å². The molecule has 0 radical (unpaired) electrons. The Morgan fingerprint density at radius 3 is 2.68 bits per heavy atom. The molecule has 0 fully saturated rings. The van der Waals surface area contributed by atoms with Gasteiger partial charge in [-0.2, -0.15) is 0 Å². The number of hydrogen-bond acceptors (Lipinski definition) is 4. The number of esters is 1. The molecule has 1 atom stereocenters. The molecular formula is C19H15ClFN3O4. The van der Waals surface area contributed by atoms with Gasteiger partial charge in [0, 0.05) is 11.8 Å². The number of anilines is 1. The smallest absolute Gasteiger partial charge is 0.331 e. The molecule has 0 aliphatic heterocycles. The van der Waals surface area contributed by atoms with Crippen molar-refractivity contribution in [3.63, 3.8) is 0 Å². The SMILES string of the molecule is C[C@H](OC(=O)/C=C/c1ccc(F)c(Cl)c1)C(=O)Nc1ccc2[nH]c(=O)[nH]c2c1. The van der Waals surface area contributed by atoms with E-state index in [1.807, 2.05) is 0 Å². The van der Waals surface area contributed by atoms with Gasteiger partial charge in [0.25, 0.3) is 5.91 Å². The first-order valence-corrected chi connectivity index (χ1v) is 8.56. The number of carbonyl (C=O) groups excluding carboxylic acids is 2. The molecular weight excluding hydrogens is 389 g/mol. The zero-order chi connectivity index (χ0) is 20.3. The molecule has 28 heavy (non-hydrogen) atoms. The van der Waals surface area contributed by atoms with E-state index in [-0.39, 0.29) is 10.7 Å². The Morgan fingerprint density at radius 2 is 1.93 bits per heavy atom. The fourth-order valence-corrected chi connectivity index (χ4v) is 2.59. The highest BCUT2D eigenvalue weighted by Crippen LogP contribution is 2.17. The molecule has 1 heterocycles. The summed E-state index contributed by atoms with van der Waals surface area (Å²) in [5, 5.41) is 2.53. The number of aromatic nitrogens is 2. The molecule has 0 spiro atoms. The van der Waals surface area contributed by atoms with Crippen molar-refractivity contribution in [1.29, 1.82) is 0 Å². The minimum atomic E-state index is -1.06. The van der Waals surface area contributed by atoms with Crippen LogP contribution < -0.4 is 11.0 Å². The van der Waals surface area contributed by atoms with Gasteiger partial charge >= 0.3 is 11.7 Å². The zero-order valence-electron chi connectivity index (χ0n) is 14.6. The molecule has 0 aliphatic carbocycles. The normalized spacial score (nSPS) is 12.2. The van der Waals surface area contributed by atoms with Crippen molar-refractivity contribution in [1.82, 2.24) is 9.97 Å². The van der Waals surface area contributed by atoms with E-state index in [1.165, 1.54) is 31.2 Å². The number of imidazole rings is 1. The Labute approximate surface area is 163 Å². The third-order valence-electron chi connectivity index (χ3n) is 3.80. The summed E-state index contributed by atoms with van der Waals surface area (Å²) in [7, 11) is 0. The fraction of sp³-hybridized carbons (Fsp3) is 0.105. The molecule has 3 N–H and O–H groups in total. The summed E-state index contributed by atoms with van der Waals surface area (Å²) in [5.74, 6) is -1.84. The number of benzene rings is 2.